The summed E-state index contributed by atoms with van der Waals surface area (Å²) in [5.74, 6) is 0.314. The average Bonchev–Trinajstić information content (AvgIpc) is 2.42. The first-order valence-corrected chi connectivity index (χ1v) is 5.22. The lowest BCUT2D eigenvalue weighted by Gasteiger charge is -2.20. The summed E-state index contributed by atoms with van der Waals surface area (Å²) >= 11 is 0. The monoisotopic (exact) mass is 196 g/mol. The predicted octanol–water partition coefficient (Wildman–Crippen LogP) is 2.69. The molecule has 0 fully saturated rings. The summed E-state index contributed by atoms with van der Waals surface area (Å²) in [6, 6.07) is 0. The summed E-state index contributed by atoms with van der Waals surface area (Å²) in [5.41, 5.74) is 0.889. The van der Waals surface area contributed by atoms with Gasteiger partial charge >= 0.3 is 0 Å². The minimum Gasteiger partial charge on any atom is -0.504 e. The molecule has 0 saturated heterocycles. The van der Waals surface area contributed by atoms with Crippen molar-refractivity contribution in [2.75, 3.05) is 0 Å². The van der Waals surface area contributed by atoms with E-state index in [1.807, 2.05) is 4.68 Å². The van der Waals surface area contributed by atoms with E-state index in [-0.39, 0.29) is 5.41 Å². The van der Waals surface area contributed by atoms with Crippen molar-refractivity contribution in [2.45, 2.75) is 52.5 Å². The largest absolute Gasteiger partial charge is 0.504 e. The Morgan fingerprint density at radius 1 is 1.43 bits per heavy atom. The first-order chi connectivity index (χ1) is 6.46. The molecule has 3 heteroatoms. The van der Waals surface area contributed by atoms with Crippen LogP contribution < -0.4 is 0 Å². The van der Waals surface area contributed by atoms with Gasteiger partial charge in [0.05, 0.1) is 11.9 Å². The molecule has 1 N–H and O–H groups in total. The molecule has 3 nitrogen and oxygen atoms in total. The van der Waals surface area contributed by atoms with Crippen LogP contribution in [0.1, 0.15) is 46.2 Å². The zero-order valence-electron chi connectivity index (χ0n) is 9.54. The van der Waals surface area contributed by atoms with Gasteiger partial charge < -0.3 is 5.11 Å². The summed E-state index contributed by atoms with van der Waals surface area (Å²) in [6.07, 6.45) is 3.78. The maximum absolute atomic E-state index is 9.68. The molecule has 0 aliphatic heterocycles. The topological polar surface area (TPSA) is 38.0 Å². The zero-order chi connectivity index (χ0) is 10.8. The minimum atomic E-state index is -0.0473. The Morgan fingerprint density at radius 3 is 2.57 bits per heavy atom. The SMILES string of the molecule is CCCCn1ncc(O)c1C(C)(C)C. The number of hydrogen-bond acceptors (Lipinski definition) is 2. The van der Waals surface area contributed by atoms with Crippen LogP contribution in [0.15, 0.2) is 6.20 Å². The molecule has 0 radical (unpaired) electrons. The van der Waals surface area contributed by atoms with Gasteiger partial charge in [0.1, 0.15) is 0 Å². The first-order valence-electron chi connectivity index (χ1n) is 5.22. The van der Waals surface area contributed by atoms with Crippen molar-refractivity contribution in [3.63, 3.8) is 0 Å². The van der Waals surface area contributed by atoms with Gasteiger partial charge in [-0.3, -0.25) is 4.68 Å². The zero-order valence-corrected chi connectivity index (χ0v) is 9.54. The van der Waals surface area contributed by atoms with E-state index in [0.717, 1.165) is 25.1 Å². The molecular formula is C11H20N2O. The van der Waals surface area contributed by atoms with Crippen LogP contribution in [0, 0.1) is 0 Å². The number of hydrogen-bond donors (Lipinski definition) is 1. The molecule has 0 aliphatic rings. The predicted molar refractivity (Wildman–Crippen MR) is 57.5 cm³/mol. The van der Waals surface area contributed by atoms with Gasteiger partial charge in [0.25, 0.3) is 0 Å². The third-order valence-corrected chi connectivity index (χ3v) is 2.25. The number of rotatable bonds is 3. The Labute approximate surface area is 85.8 Å². The Kier molecular flexibility index (Phi) is 3.19. The second-order valence-electron chi connectivity index (χ2n) is 4.71. The average molecular weight is 196 g/mol. The Morgan fingerprint density at radius 2 is 2.07 bits per heavy atom. The molecule has 0 aliphatic carbocycles. The van der Waals surface area contributed by atoms with E-state index in [1.54, 1.807) is 0 Å². The van der Waals surface area contributed by atoms with Gasteiger partial charge in [-0.2, -0.15) is 5.10 Å². The molecular weight excluding hydrogens is 176 g/mol. The molecule has 0 atom stereocenters. The van der Waals surface area contributed by atoms with Crippen molar-refractivity contribution in [1.82, 2.24) is 9.78 Å². The highest BCUT2D eigenvalue weighted by atomic mass is 16.3. The quantitative estimate of drug-likeness (QED) is 0.807. The fourth-order valence-corrected chi connectivity index (χ4v) is 1.62. The number of aromatic hydroxyl groups is 1. The van der Waals surface area contributed by atoms with Gasteiger partial charge in [-0.1, -0.05) is 34.1 Å². The second kappa shape index (κ2) is 4.03. The normalized spacial score (nSPS) is 12.0. The molecule has 14 heavy (non-hydrogen) atoms. The minimum absolute atomic E-state index is 0.0473. The third-order valence-electron chi connectivity index (χ3n) is 2.25. The molecule has 0 aromatic carbocycles. The van der Waals surface area contributed by atoms with E-state index < -0.39 is 0 Å². The van der Waals surface area contributed by atoms with E-state index in [1.165, 1.54) is 6.20 Å². The van der Waals surface area contributed by atoms with Crippen LogP contribution in [-0.2, 0) is 12.0 Å². The lowest BCUT2D eigenvalue weighted by atomic mass is 9.91. The summed E-state index contributed by atoms with van der Waals surface area (Å²) in [4.78, 5) is 0. The Bertz CT molecular complexity index is 297. The lowest BCUT2D eigenvalue weighted by molar-refractivity contribution is 0.420. The molecule has 0 saturated carbocycles. The smallest absolute Gasteiger partial charge is 0.157 e. The molecule has 0 bridgehead atoms. The van der Waals surface area contributed by atoms with Crippen molar-refractivity contribution in [3.05, 3.63) is 11.9 Å². The second-order valence-corrected chi connectivity index (χ2v) is 4.71. The molecule has 0 spiro atoms. The number of aromatic nitrogens is 2. The molecule has 80 valence electrons. The van der Waals surface area contributed by atoms with E-state index in [0.29, 0.717) is 5.75 Å². The number of nitrogens with zero attached hydrogens (tertiary/aromatic N) is 2. The van der Waals surface area contributed by atoms with Crippen LogP contribution in [0.25, 0.3) is 0 Å². The third kappa shape index (κ3) is 2.28. The van der Waals surface area contributed by atoms with Crippen molar-refractivity contribution in [2.24, 2.45) is 0 Å². The fourth-order valence-electron chi connectivity index (χ4n) is 1.62. The summed E-state index contributed by atoms with van der Waals surface area (Å²) in [7, 11) is 0. The van der Waals surface area contributed by atoms with Crippen molar-refractivity contribution < 1.29 is 5.11 Å². The highest BCUT2D eigenvalue weighted by Crippen LogP contribution is 2.30. The van der Waals surface area contributed by atoms with Gasteiger partial charge in [0, 0.05) is 12.0 Å². The molecule has 1 heterocycles. The standard InChI is InChI=1S/C11H20N2O/c1-5-6-7-13-10(11(2,3)4)9(14)8-12-13/h8,14H,5-7H2,1-4H3. The number of aryl methyl sites for hydroxylation is 1. The van der Waals surface area contributed by atoms with Gasteiger partial charge in [0.15, 0.2) is 5.75 Å². The van der Waals surface area contributed by atoms with Gasteiger partial charge in [-0.05, 0) is 6.42 Å². The number of unbranched alkanes of at least 4 members (excludes halogenated alkanes) is 1. The fraction of sp³-hybridized carbons (Fsp3) is 0.727. The van der Waals surface area contributed by atoms with E-state index in [2.05, 4.69) is 32.8 Å². The van der Waals surface area contributed by atoms with Crippen molar-refractivity contribution in [1.29, 1.82) is 0 Å². The van der Waals surface area contributed by atoms with Crippen LogP contribution >= 0.6 is 0 Å². The van der Waals surface area contributed by atoms with Crippen molar-refractivity contribution in [3.8, 4) is 5.75 Å². The molecule has 1 rings (SSSR count). The van der Waals surface area contributed by atoms with Crippen LogP contribution in [0.5, 0.6) is 5.75 Å². The highest BCUT2D eigenvalue weighted by molar-refractivity contribution is 5.29. The maximum Gasteiger partial charge on any atom is 0.157 e. The lowest BCUT2D eigenvalue weighted by Crippen LogP contribution is -2.18. The maximum atomic E-state index is 9.68. The van der Waals surface area contributed by atoms with E-state index >= 15 is 0 Å². The van der Waals surface area contributed by atoms with Crippen LogP contribution in [-0.4, -0.2) is 14.9 Å². The Balaban J connectivity index is 2.95. The summed E-state index contributed by atoms with van der Waals surface area (Å²) < 4.78 is 1.92. The Hall–Kier alpha value is -0.990. The molecule has 1 aromatic rings. The van der Waals surface area contributed by atoms with E-state index in [9.17, 15) is 5.11 Å². The summed E-state index contributed by atoms with van der Waals surface area (Å²) in [5, 5.41) is 13.9. The molecule has 0 unspecified atom stereocenters. The van der Waals surface area contributed by atoms with Crippen LogP contribution in [0.4, 0.5) is 0 Å². The first kappa shape index (κ1) is 11.1. The molecule has 1 aromatic heterocycles. The summed E-state index contributed by atoms with van der Waals surface area (Å²) in [6.45, 7) is 9.31. The molecule has 0 amide bonds. The highest BCUT2D eigenvalue weighted by Gasteiger charge is 2.23. The van der Waals surface area contributed by atoms with Crippen LogP contribution in [0.3, 0.4) is 0 Å². The van der Waals surface area contributed by atoms with Gasteiger partial charge in [0.2, 0.25) is 0 Å². The van der Waals surface area contributed by atoms with Gasteiger partial charge in [-0.15, -0.1) is 0 Å². The van der Waals surface area contributed by atoms with Gasteiger partial charge in [-0.25, -0.2) is 0 Å². The van der Waals surface area contributed by atoms with E-state index in [4.69, 9.17) is 0 Å². The van der Waals surface area contributed by atoms with Crippen molar-refractivity contribution >= 4 is 0 Å². The van der Waals surface area contributed by atoms with Crippen LogP contribution in [0.2, 0.25) is 0 Å².